The summed E-state index contributed by atoms with van der Waals surface area (Å²) in [6.45, 7) is 3.66. The molecule has 0 unspecified atom stereocenters. The molecule has 0 aliphatic carbocycles. The molecule has 3 rings (SSSR count). The number of sulfonamides is 1. The Morgan fingerprint density at radius 1 is 1.16 bits per heavy atom. The van der Waals surface area contributed by atoms with E-state index in [2.05, 4.69) is 31.2 Å². The van der Waals surface area contributed by atoms with Gasteiger partial charge in [-0.15, -0.1) is 6.42 Å². The van der Waals surface area contributed by atoms with Gasteiger partial charge in [-0.1, -0.05) is 25.3 Å². The first-order chi connectivity index (χ1) is 17.2. The fraction of sp³-hybridized carbons (Fsp3) is 0.240. The Morgan fingerprint density at radius 2 is 1.86 bits per heavy atom. The van der Waals surface area contributed by atoms with E-state index in [9.17, 15) is 17.6 Å². The smallest absolute Gasteiger partial charge is 1.00 e. The van der Waals surface area contributed by atoms with E-state index in [1.807, 2.05) is 6.92 Å². The third-order valence-corrected chi connectivity index (χ3v) is 6.44. The summed E-state index contributed by atoms with van der Waals surface area (Å²) in [6, 6.07) is 11.3. The standard InChI is InChI=1S/C25H26FN5O4S.Na.H/c1-4-6-7-23(32)31-36(33,34)22-15-19(9-8-17(22)3)29-25-27-16-21(26)24(30-25)28-18-10-12-20(13-11-18)35-14-5-2;;/h2,8-13,15-16H,4,6-7,14H2,1,3H3,(H,31,32)(H2,27,28,29,30);;/q;+1;-1. The number of anilines is 4. The fourth-order valence-corrected chi connectivity index (χ4v) is 4.39. The van der Waals surface area contributed by atoms with Gasteiger partial charge in [0.15, 0.2) is 11.6 Å². The Labute approximate surface area is 239 Å². The summed E-state index contributed by atoms with van der Waals surface area (Å²) in [4.78, 5) is 20.0. The van der Waals surface area contributed by atoms with E-state index in [0.717, 1.165) is 12.6 Å². The number of carbonyl (C=O) groups is 1. The van der Waals surface area contributed by atoms with Crippen LogP contribution in [0.5, 0.6) is 5.75 Å². The van der Waals surface area contributed by atoms with Crippen molar-refractivity contribution in [3.8, 4) is 18.1 Å². The largest absolute Gasteiger partial charge is 1.00 e. The molecule has 0 saturated carbocycles. The van der Waals surface area contributed by atoms with Crippen LogP contribution in [0.2, 0.25) is 0 Å². The van der Waals surface area contributed by atoms with Crippen molar-refractivity contribution in [2.45, 2.75) is 38.0 Å². The van der Waals surface area contributed by atoms with E-state index in [0.29, 0.717) is 29.1 Å². The topological polar surface area (TPSA) is 122 Å². The van der Waals surface area contributed by atoms with Crippen LogP contribution in [-0.2, 0) is 14.8 Å². The Morgan fingerprint density at radius 3 is 2.54 bits per heavy atom. The van der Waals surface area contributed by atoms with E-state index >= 15 is 0 Å². The number of unbranched alkanes of at least 4 members (excludes halogenated alkanes) is 1. The van der Waals surface area contributed by atoms with Crippen molar-refractivity contribution in [3.63, 3.8) is 0 Å². The van der Waals surface area contributed by atoms with Gasteiger partial charge in [0.2, 0.25) is 11.9 Å². The van der Waals surface area contributed by atoms with E-state index in [1.165, 1.54) is 6.07 Å². The number of halogens is 1. The number of hydrogen-bond acceptors (Lipinski definition) is 8. The molecule has 0 aliphatic rings. The number of nitrogens with one attached hydrogen (secondary N) is 3. The minimum absolute atomic E-state index is 0. The van der Waals surface area contributed by atoms with Gasteiger partial charge in [-0.05, 0) is 55.3 Å². The summed E-state index contributed by atoms with van der Waals surface area (Å²) in [5.41, 5.74) is 1.34. The van der Waals surface area contributed by atoms with Crippen molar-refractivity contribution in [1.29, 1.82) is 0 Å². The van der Waals surface area contributed by atoms with Gasteiger partial charge in [0, 0.05) is 17.8 Å². The number of amides is 1. The second-order valence-electron chi connectivity index (χ2n) is 7.77. The van der Waals surface area contributed by atoms with Crippen molar-refractivity contribution in [2.75, 3.05) is 17.2 Å². The van der Waals surface area contributed by atoms with Crippen LogP contribution < -0.4 is 49.6 Å². The summed E-state index contributed by atoms with van der Waals surface area (Å²) in [5, 5.41) is 5.73. The zero-order chi connectivity index (χ0) is 26.1. The van der Waals surface area contributed by atoms with Crippen molar-refractivity contribution < 1.29 is 53.3 Å². The number of aryl methyl sites for hydroxylation is 1. The van der Waals surface area contributed by atoms with Crippen LogP contribution in [0.25, 0.3) is 0 Å². The van der Waals surface area contributed by atoms with Crippen LogP contribution >= 0.6 is 0 Å². The maximum Gasteiger partial charge on any atom is 1.00 e. The predicted molar refractivity (Wildman–Crippen MR) is 136 cm³/mol. The number of aromatic nitrogens is 2. The van der Waals surface area contributed by atoms with E-state index < -0.39 is 21.7 Å². The number of hydrogen-bond donors (Lipinski definition) is 3. The number of rotatable bonds is 11. The maximum absolute atomic E-state index is 14.3. The molecule has 1 amide bonds. The number of terminal acetylenes is 1. The number of benzene rings is 2. The summed E-state index contributed by atoms with van der Waals surface area (Å²) < 4.78 is 47.2. The molecule has 0 fully saturated rings. The third-order valence-electron chi connectivity index (χ3n) is 4.92. The molecule has 37 heavy (non-hydrogen) atoms. The normalized spacial score (nSPS) is 10.5. The summed E-state index contributed by atoms with van der Waals surface area (Å²) in [5.74, 6) is 1.63. The van der Waals surface area contributed by atoms with E-state index in [4.69, 9.17) is 11.2 Å². The van der Waals surface area contributed by atoms with Crippen molar-refractivity contribution in [3.05, 3.63) is 60.0 Å². The molecule has 12 heteroatoms. The molecule has 0 atom stereocenters. The fourth-order valence-electron chi connectivity index (χ4n) is 3.10. The summed E-state index contributed by atoms with van der Waals surface area (Å²) >= 11 is 0. The van der Waals surface area contributed by atoms with E-state index in [-0.39, 0.29) is 60.7 Å². The van der Waals surface area contributed by atoms with Gasteiger partial charge < -0.3 is 16.8 Å². The van der Waals surface area contributed by atoms with Gasteiger partial charge in [-0.2, -0.15) is 4.98 Å². The first-order valence-electron chi connectivity index (χ1n) is 11.1. The SMILES string of the molecule is C#CCOc1ccc(Nc2nc(Nc3ccc(C)c(S(=O)(=O)NC(=O)CCCC)c3)ncc2F)cc1.[H-].[Na+]. The minimum Gasteiger partial charge on any atom is -1.00 e. The molecule has 3 aromatic rings. The first-order valence-corrected chi connectivity index (χ1v) is 12.6. The van der Waals surface area contributed by atoms with Crippen LogP contribution in [0, 0.1) is 25.1 Å². The van der Waals surface area contributed by atoms with Crippen molar-refractivity contribution in [2.24, 2.45) is 0 Å². The Kier molecular flexibility index (Phi) is 11.3. The molecular formula is C25H27FN5NaO4S. The average molecular weight is 536 g/mol. The third kappa shape index (κ3) is 8.72. The predicted octanol–water partition coefficient (Wildman–Crippen LogP) is 1.53. The summed E-state index contributed by atoms with van der Waals surface area (Å²) in [6.07, 6.45) is 7.63. The van der Waals surface area contributed by atoms with Gasteiger partial charge in [0.25, 0.3) is 10.0 Å². The van der Waals surface area contributed by atoms with Gasteiger partial charge >= 0.3 is 29.6 Å². The molecule has 0 aliphatic heterocycles. The second kappa shape index (κ2) is 13.9. The molecule has 0 bridgehead atoms. The molecule has 0 saturated heterocycles. The van der Waals surface area contributed by atoms with Crippen molar-refractivity contribution >= 4 is 39.1 Å². The molecular weight excluding hydrogens is 508 g/mol. The zero-order valence-electron chi connectivity index (χ0n) is 21.8. The average Bonchev–Trinajstić information content (AvgIpc) is 2.85. The van der Waals surface area contributed by atoms with Gasteiger partial charge in [0.1, 0.15) is 12.4 Å². The van der Waals surface area contributed by atoms with Gasteiger partial charge in [-0.3, -0.25) is 4.79 Å². The number of ether oxygens (including phenoxy) is 1. The second-order valence-corrected chi connectivity index (χ2v) is 9.42. The monoisotopic (exact) mass is 535 g/mol. The van der Waals surface area contributed by atoms with Crippen LogP contribution in [-0.4, -0.2) is 30.9 Å². The first kappa shape index (κ1) is 30.1. The molecule has 0 radical (unpaired) electrons. The molecule has 2 aromatic carbocycles. The maximum atomic E-state index is 14.3. The number of nitrogens with zero attached hydrogens (tertiary/aromatic N) is 2. The molecule has 1 aromatic heterocycles. The minimum atomic E-state index is -4.07. The van der Waals surface area contributed by atoms with Gasteiger partial charge in [0.05, 0.1) is 11.1 Å². The number of carbonyl (C=O) groups excluding carboxylic acids is 1. The van der Waals surface area contributed by atoms with E-state index in [1.54, 1.807) is 43.3 Å². The zero-order valence-corrected chi connectivity index (χ0v) is 23.7. The Bertz CT molecular complexity index is 1390. The quantitative estimate of drug-likeness (QED) is 0.250. The molecule has 0 spiro atoms. The Hall–Kier alpha value is -3.17. The van der Waals surface area contributed by atoms with Crippen LogP contribution in [0.4, 0.5) is 27.5 Å². The van der Waals surface area contributed by atoms with Crippen LogP contribution in [0.1, 0.15) is 33.2 Å². The van der Waals surface area contributed by atoms with Crippen molar-refractivity contribution in [1.82, 2.24) is 14.7 Å². The van der Waals surface area contributed by atoms with Crippen LogP contribution in [0.15, 0.2) is 53.6 Å². The molecule has 9 nitrogen and oxygen atoms in total. The Balaban J connectivity index is 0.00000361. The summed E-state index contributed by atoms with van der Waals surface area (Å²) in [7, 11) is -4.07. The van der Waals surface area contributed by atoms with Crippen LogP contribution in [0.3, 0.4) is 0 Å². The molecule has 3 N–H and O–H groups in total. The molecule has 1 heterocycles. The van der Waals surface area contributed by atoms with Gasteiger partial charge in [-0.25, -0.2) is 22.5 Å². The molecule has 190 valence electrons.